The first-order valence-electron chi connectivity index (χ1n) is 6.13. The van der Waals surface area contributed by atoms with E-state index in [2.05, 4.69) is 10.6 Å². The molecule has 1 aromatic rings. The molecule has 0 aliphatic rings. The fourth-order valence-corrected chi connectivity index (χ4v) is 1.76. The third-order valence-corrected chi connectivity index (χ3v) is 2.98. The first-order chi connectivity index (χ1) is 9.79. The number of rotatable bonds is 6. The van der Waals surface area contributed by atoms with Gasteiger partial charge in [0.1, 0.15) is 6.04 Å². The third kappa shape index (κ3) is 5.70. The van der Waals surface area contributed by atoms with Crippen LogP contribution >= 0.6 is 11.6 Å². The highest BCUT2D eigenvalue weighted by molar-refractivity contribution is 6.30. The number of hydrogen-bond acceptors (Lipinski definition) is 3. The maximum absolute atomic E-state index is 11.7. The summed E-state index contributed by atoms with van der Waals surface area (Å²) in [4.78, 5) is 33.4. The Morgan fingerprint density at radius 2 is 1.81 bits per heavy atom. The zero-order valence-electron chi connectivity index (χ0n) is 11.3. The molecule has 8 heteroatoms. The zero-order chi connectivity index (χ0) is 16.0. The highest BCUT2D eigenvalue weighted by Crippen LogP contribution is 2.15. The van der Waals surface area contributed by atoms with E-state index in [1.165, 1.54) is 0 Å². The molecule has 0 spiro atoms. The molecule has 0 bridgehead atoms. The Labute approximate surface area is 126 Å². The van der Waals surface area contributed by atoms with Crippen LogP contribution in [0.15, 0.2) is 24.3 Å². The molecule has 2 unspecified atom stereocenters. The van der Waals surface area contributed by atoms with Crippen molar-refractivity contribution in [1.82, 2.24) is 10.6 Å². The lowest BCUT2D eigenvalue weighted by Crippen LogP contribution is -2.48. The minimum Gasteiger partial charge on any atom is -0.480 e. The number of carboxylic acid groups (broad SMARTS) is 1. The summed E-state index contributed by atoms with van der Waals surface area (Å²) in [5.41, 5.74) is 5.73. The molecular formula is C13H16ClN3O4. The Morgan fingerprint density at radius 1 is 1.24 bits per heavy atom. The lowest BCUT2D eigenvalue weighted by Gasteiger charge is -2.18. The Kier molecular flexibility index (Phi) is 5.98. The van der Waals surface area contributed by atoms with Gasteiger partial charge in [-0.25, -0.2) is 9.59 Å². The van der Waals surface area contributed by atoms with Gasteiger partial charge in [0.25, 0.3) is 0 Å². The van der Waals surface area contributed by atoms with Gasteiger partial charge in [0.2, 0.25) is 5.91 Å². The van der Waals surface area contributed by atoms with E-state index >= 15 is 0 Å². The number of aliphatic carboxylic acids is 1. The number of carbonyl (C=O) groups excluding carboxylic acids is 2. The maximum atomic E-state index is 11.7. The van der Waals surface area contributed by atoms with Crippen molar-refractivity contribution >= 4 is 29.5 Å². The SMILES string of the molecule is CC(NC(=O)NC(CC(N)=O)C(=O)O)c1ccc(Cl)cc1. The van der Waals surface area contributed by atoms with Crippen LogP contribution in [-0.2, 0) is 9.59 Å². The number of carbonyl (C=O) groups is 3. The van der Waals surface area contributed by atoms with Crippen molar-refractivity contribution < 1.29 is 19.5 Å². The third-order valence-electron chi connectivity index (χ3n) is 2.73. The van der Waals surface area contributed by atoms with E-state index in [-0.39, 0.29) is 6.04 Å². The van der Waals surface area contributed by atoms with Gasteiger partial charge in [0.15, 0.2) is 0 Å². The van der Waals surface area contributed by atoms with Gasteiger partial charge in [0.05, 0.1) is 12.5 Å². The van der Waals surface area contributed by atoms with Crippen LogP contribution in [0.5, 0.6) is 0 Å². The minimum absolute atomic E-state index is 0.356. The summed E-state index contributed by atoms with van der Waals surface area (Å²) in [6.07, 6.45) is -0.474. The van der Waals surface area contributed by atoms with E-state index in [1.807, 2.05) is 0 Å². The van der Waals surface area contributed by atoms with Crippen molar-refractivity contribution in [3.63, 3.8) is 0 Å². The van der Waals surface area contributed by atoms with Gasteiger partial charge in [-0.15, -0.1) is 0 Å². The van der Waals surface area contributed by atoms with Crippen molar-refractivity contribution in [2.45, 2.75) is 25.4 Å². The van der Waals surface area contributed by atoms with E-state index in [9.17, 15) is 14.4 Å². The number of amides is 3. The fraction of sp³-hybridized carbons (Fsp3) is 0.308. The summed E-state index contributed by atoms with van der Waals surface area (Å²) < 4.78 is 0. The topological polar surface area (TPSA) is 122 Å². The van der Waals surface area contributed by atoms with Crippen molar-refractivity contribution in [2.75, 3.05) is 0 Å². The van der Waals surface area contributed by atoms with E-state index in [1.54, 1.807) is 31.2 Å². The molecule has 5 N–H and O–H groups in total. The number of halogens is 1. The monoisotopic (exact) mass is 313 g/mol. The van der Waals surface area contributed by atoms with Gasteiger partial charge in [-0.2, -0.15) is 0 Å². The summed E-state index contributed by atoms with van der Waals surface area (Å²) in [6, 6.07) is 4.42. The predicted molar refractivity (Wildman–Crippen MR) is 76.8 cm³/mol. The highest BCUT2D eigenvalue weighted by atomic mass is 35.5. The number of primary amides is 1. The summed E-state index contributed by atoms with van der Waals surface area (Å²) >= 11 is 5.77. The number of urea groups is 1. The number of benzene rings is 1. The van der Waals surface area contributed by atoms with Crippen LogP contribution in [0.2, 0.25) is 5.02 Å². The number of hydrogen-bond donors (Lipinski definition) is 4. The second-order valence-corrected chi connectivity index (χ2v) is 4.89. The standard InChI is InChI=1S/C13H16ClN3O4/c1-7(8-2-4-9(14)5-3-8)16-13(21)17-10(12(19)20)6-11(15)18/h2-5,7,10H,6H2,1H3,(H2,15,18)(H,19,20)(H2,16,17,21). The quantitative estimate of drug-likeness (QED) is 0.626. The Bertz CT molecular complexity index is 533. The average molecular weight is 314 g/mol. The molecule has 0 radical (unpaired) electrons. The molecular weight excluding hydrogens is 298 g/mol. The van der Waals surface area contributed by atoms with Crippen molar-refractivity contribution in [2.24, 2.45) is 5.73 Å². The van der Waals surface area contributed by atoms with Crippen LogP contribution in [-0.4, -0.2) is 29.1 Å². The van der Waals surface area contributed by atoms with Crippen LogP contribution in [0.4, 0.5) is 4.79 Å². The molecule has 2 atom stereocenters. The second kappa shape index (κ2) is 7.49. The van der Waals surface area contributed by atoms with Gasteiger partial charge < -0.3 is 21.5 Å². The fourth-order valence-electron chi connectivity index (χ4n) is 1.63. The molecule has 7 nitrogen and oxygen atoms in total. The Morgan fingerprint density at radius 3 is 2.29 bits per heavy atom. The lowest BCUT2D eigenvalue weighted by molar-refractivity contribution is -0.140. The summed E-state index contributed by atoms with van der Waals surface area (Å²) in [5, 5.41) is 14.2. The average Bonchev–Trinajstić information content (AvgIpc) is 2.37. The van der Waals surface area contributed by atoms with Gasteiger partial charge in [-0.05, 0) is 24.6 Å². The number of carboxylic acids is 1. The van der Waals surface area contributed by atoms with Gasteiger partial charge in [-0.3, -0.25) is 4.79 Å². The first kappa shape index (κ1) is 16.8. The summed E-state index contributed by atoms with van der Waals surface area (Å²) in [6.45, 7) is 1.73. The van der Waals surface area contributed by atoms with Gasteiger partial charge in [0, 0.05) is 5.02 Å². The molecule has 0 aromatic heterocycles. The van der Waals surface area contributed by atoms with Gasteiger partial charge in [-0.1, -0.05) is 23.7 Å². The Hall–Kier alpha value is -2.28. The normalized spacial score (nSPS) is 13.0. The molecule has 114 valence electrons. The predicted octanol–water partition coefficient (Wildman–Crippen LogP) is 1.03. The molecule has 1 aromatic carbocycles. The largest absolute Gasteiger partial charge is 0.480 e. The van der Waals surface area contributed by atoms with E-state index in [4.69, 9.17) is 22.4 Å². The number of nitrogens with two attached hydrogens (primary N) is 1. The first-order valence-corrected chi connectivity index (χ1v) is 6.51. The van der Waals surface area contributed by atoms with Crippen LogP contribution in [0.3, 0.4) is 0 Å². The smallest absolute Gasteiger partial charge is 0.326 e. The van der Waals surface area contributed by atoms with Crippen LogP contribution < -0.4 is 16.4 Å². The van der Waals surface area contributed by atoms with Crippen molar-refractivity contribution in [3.8, 4) is 0 Å². The molecule has 21 heavy (non-hydrogen) atoms. The van der Waals surface area contributed by atoms with E-state index in [0.717, 1.165) is 5.56 Å². The molecule has 0 fully saturated rings. The number of nitrogens with one attached hydrogen (secondary N) is 2. The molecule has 0 aliphatic heterocycles. The van der Waals surface area contributed by atoms with Gasteiger partial charge >= 0.3 is 12.0 Å². The summed E-state index contributed by atoms with van der Waals surface area (Å²) in [7, 11) is 0. The molecule has 0 saturated carbocycles. The molecule has 0 heterocycles. The molecule has 0 aliphatic carbocycles. The second-order valence-electron chi connectivity index (χ2n) is 4.45. The Balaban J connectivity index is 2.61. The van der Waals surface area contributed by atoms with Crippen molar-refractivity contribution in [1.29, 1.82) is 0 Å². The molecule has 1 rings (SSSR count). The van der Waals surface area contributed by atoms with E-state index < -0.39 is 30.4 Å². The van der Waals surface area contributed by atoms with Crippen LogP contribution in [0.1, 0.15) is 24.9 Å². The van der Waals surface area contributed by atoms with Crippen molar-refractivity contribution in [3.05, 3.63) is 34.9 Å². The summed E-state index contributed by atoms with van der Waals surface area (Å²) in [5.74, 6) is -2.14. The zero-order valence-corrected chi connectivity index (χ0v) is 12.1. The minimum atomic E-state index is -1.36. The lowest BCUT2D eigenvalue weighted by atomic mass is 10.1. The maximum Gasteiger partial charge on any atom is 0.326 e. The van der Waals surface area contributed by atoms with Crippen LogP contribution in [0, 0.1) is 0 Å². The van der Waals surface area contributed by atoms with Crippen LogP contribution in [0.25, 0.3) is 0 Å². The highest BCUT2D eigenvalue weighted by Gasteiger charge is 2.22. The molecule has 3 amide bonds. The molecule has 0 saturated heterocycles. The van der Waals surface area contributed by atoms with E-state index in [0.29, 0.717) is 5.02 Å².